The Morgan fingerprint density at radius 3 is 2.76 bits per heavy atom. The highest BCUT2D eigenvalue weighted by Gasteiger charge is 2.25. The predicted molar refractivity (Wildman–Crippen MR) is 115 cm³/mol. The third-order valence-electron chi connectivity index (χ3n) is 4.14. The van der Waals surface area contributed by atoms with Crippen molar-refractivity contribution >= 4 is 47.2 Å². The average molecular weight is 479 g/mol. The van der Waals surface area contributed by atoms with E-state index in [4.69, 9.17) is 0 Å². The van der Waals surface area contributed by atoms with E-state index >= 15 is 0 Å². The zero-order valence-electron chi connectivity index (χ0n) is 15.6. The zero-order valence-corrected chi connectivity index (χ0v) is 18.7. The molecule has 0 saturated carbocycles. The predicted octanol–water partition coefficient (Wildman–Crippen LogP) is 2.49. The molecule has 2 N–H and O–H groups in total. The first-order chi connectivity index (χ1) is 11.5. The number of carbonyl (C=O) groups is 1. The number of nitrogens with zero attached hydrogens (tertiary/aromatic N) is 3. The van der Waals surface area contributed by atoms with E-state index in [1.165, 1.54) is 4.88 Å². The number of guanidine groups is 1. The van der Waals surface area contributed by atoms with E-state index in [-0.39, 0.29) is 35.9 Å². The molecular weight excluding hydrogens is 449 g/mol. The van der Waals surface area contributed by atoms with Crippen LogP contribution in [0.5, 0.6) is 0 Å². The first kappa shape index (κ1) is 22.1. The van der Waals surface area contributed by atoms with Gasteiger partial charge in [0.2, 0.25) is 5.91 Å². The van der Waals surface area contributed by atoms with Gasteiger partial charge in [0.05, 0.1) is 10.7 Å². The van der Waals surface area contributed by atoms with Gasteiger partial charge in [-0.2, -0.15) is 0 Å². The van der Waals surface area contributed by atoms with Gasteiger partial charge in [-0.05, 0) is 27.2 Å². The van der Waals surface area contributed by atoms with Crippen molar-refractivity contribution in [3.05, 3.63) is 15.6 Å². The number of amides is 1. The minimum Gasteiger partial charge on any atom is -0.357 e. The van der Waals surface area contributed by atoms with Crippen molar-refractivity contribution in [2.24, 2.45) is 4.99 Å². The van der Waals surface area contributed by atoms with Crippen LogP contribution in [-0.2, 0) is 11.2 Å². The molecule has 8 heteroatoms. The molecule has 25 heavy (non-hydrogen) atoms. The Morgan fingerprint density at radius 2 is 2.16 bits per heavy atom. The Labute approximate surface area is 171 Å². The van der Waals surface area contributed by atoms with Crippen molar-refractivity contribution in [3.8, 4) is 0 Å². The molecule has 0 aromatic carbocycles. The fourth-order valence-corrected chi connectivity index (χ4v) is 3.84. The van der Waals surface area contributed by atoms with E-state index in [2.05, 4.69) is 34.5 Å². The highest BCUT2D eigenvalue weighted by molar-refractivity contribution is 14.0. The Bertz CT molecular complexity index is 590. The second kappa shape index (κ2) is 10.9. The first-order valence-electron chi connectivity index (χ1n) is 8.79. The summed E-state index contributed by atoms with van der Waals surface area (Å²) in [7, 11) is 0. The average Bonchev–Trinajstić information content (AvgIpc) is 3.13. The number of likely N-dealkylation sites (tertiary alicyclic amines) is 1. The molecule has 0 spiro atoms. The summed E-state index contributed by atoms with van der Waals surface area (Å²) in [6.45, 7) is 11.3. The van der Waals surface area contributed by atoms with Crippen molar-refractivity contribution < 1.29 is 4.79 Å². The molecule has 1 atom stereocenters. The second-order valence-electron chi connectivity index (χ2n) is 6.08. The summed E-state index contributed by atoms with van der Waals surface area (Å²) in [5.41, 5.74) is 1.12. The molecule has 1 aliphatic rings. The maximum Gasteiger partial charge on any atom is 0.222 e. The fourth-order valence-electron chi connectivity index (χ4n) is 2.92. The number of aliphatic imine (C=N–C) groups is 1. The van der Waals surface area contributed by atoms with E-state index in [9.17, 15) is 4.79 Å². The molecule has 1 aromatic heterocycles. The lowest BCUT2D eigenvalue weighted by Crippen LogP contribution is -2.45. The molecule has 1 amide bonds. The first-order valence-corrected chi connectivity index (χ1v) is 9.60. The maximum atomic E-state index is 11.8. The van der Waals surface area contributed by atoms with Crippen LogP contribution in [0.3, 0.4) is 0 Å². The van der Waals surface area contributed by atoms with Crippen LogP contribution < -0.4 is 10.6 Å². The number of aryl methyl sites for hydroxylation is 2. The second-order valence-corrected chi connectivity index (χ2v) is 7.36. The van der Waals surface area contributed by atoms with Crippen molar-refractivity contribution in [3.63, 3.8) is 0 Å². The minimum absolute atomic E-state index is 0. The van der Waals surface area contributed by atoms with E-state index in [1.807, 2.05) is 18.7 Å². The lowest BCUT2D eigenvalue weighted by atomic mass is 10.3. The molecule has 2 heterocycles. The van der Waals surface area contributed by atoms with Crippen LogP contribution in [0, 0.1) is 13.8 Å². The van der Waals surface area contributed by atoms with Crippen molar-refractivity contribution in [2.75, 3.05) is 26.2 Å². The number of nitrogens with one attached hydrogen (secondary N) is 2. The molecule has 1 saturated heterocycles. The molecule has 0 radical (unpaired) electrons. The summed E-state index contributed by atoms with van der Waals surface area (Å²) in [6.07, 6.45) is 2.47. The van der Waals surface area contributed by atoms with Gasteiger partial charge in [-0.25, -0.2) is 4.98 Å². The van der Waals surface area contributed by atoms with Gasteiger partial charge in [0, 0.05) is 49.9 Å². The number of hydrogen-bond acceptors (Lipinski definition) is 4. The van der Waals surface area contributed by atoms with Gasteiger partial charge in [0.25, 0.3) is 0 Å². The SMILES string of the molecule is CCNC(=NCCc1sc(C)nc1C)NC1CCN(C(=O)CC)C1.I. The summed E-state index contributed by atoms with van der Waals surface area (Å²) < 4.78 is 0. The third-order valence-corrected chi connectivity index (χ3v) is 5.27. The summed E-state index contributed by atoms with van der Waals surface area (Å²) in [5.74, 6) is 1.07. The molecule has 0 bridgehead atoms. The van der Waals surface area contributed by atoms with Crippen LogP contribution in [0.25, 0.3) is 0 Å². The fraction of sp³-hybridized carbons (Fsp3) is 0.706. The normalized spacial score (nSPS) is 17.4. The van der Waals surface area contributed by atoms with Crippen LogP contribution in [-0.4, -0.2) is 54.0 Å². The number of hydrogen-bond donors (Lipinski definition) is 2. The minimum atomic E-state index is 0. The van der Waals surface area contributed by atoms with E-state index in [0.717, 1.165) is 55.7 Å². The van der Waals surface area contributed by atoms with E-state index < -0.39 is 0 Å². The third kappa shape index (κ3) is 6.73. The van der Waals surface area contributed by atoms with Crippen LogP contribution in [0.1, 0.15) is 42.3 Å². The number of halogens is 1. The standard InChI is InChI=1S/C17H29N5OS.HI/c1-5-16(23)22-10-8-14(11-22)21-17(18-6-2)19-9-7-15-12(3)20-13(4)24-15;/h14H,5-11H2,1-4H3,(H2,18,19,21);1H. The molecular formula is C17H30IN5OS. The van der Waals surface area contributed by atoms with Gasteiger partial charge in [0.15, 0.2) is 5.96 Å². The van der Waals surface area contributed by atoms with Crippen LogP contribution in [0.2, 0.25) is 0 Å². The van der Waals surface area contributed by atoms with Crippen molar-refractivity contribution in [2.45, 2.75) is 53.0 Å². The van der Waals surface area contributed by atoms with Crippen LogP contribution >= 0.6 is 35.3 Å². The molecule has 1 unspecified atom stereocenters. The lowest BCUT2D eigenvalue weighted by molar-refractivity contribution is -0.129. The van der Waals surface area contributed by atoms with Crippen LogP contribution in [0.4, 0.5) is 0 Å². The number of thiazole rings is 1. The van der Waals surface area contributed by atoms with E-state index in [1.54, 1.807) is 11.3 Å². The van der Waals surface area contributed by atoms with Gasteiger partial charge >= 0.3 is 0 Å². The molecule has 1 aromatic rings. The largest absolute Gasteiger partial charge is 0.357 e. The Morgan fingerprint density at radius 1 is 1.40 bits per heavy atom. The highest BCUT2D eigenvalue weighted by atomic mass is 127. The van der Waals surface area contributed by atoms with Crippen molar-refractivity contribution in [1.29, 1.82) is 0 Å². The maximum absolute atomic E-state index is 11.8. The quantitative estimate of drug-likeness (QED) is 0.374. The number of aromatic nitrogens is 1. The number of carbonyl (C=O) groups excluding carboxylic acids is 1. The Hall–Kier alpha value is -0.900. The van der Waals surface area contributed by atoms with Gasteiger partial charge in [-0.3, -0.25) is 9.79 Å². The topological polar surface area (TPSA) is 69.6 Å². The van der Waals surface area contributed by atoms with Crippen LogP contribution in [0.15, 0.2) is 4.99 Å². The monoisotopic (exact) mass is 479 g/mol. The number of rotatable bonds is 6. The summed E-state index contributed by atoms with van der Waals surface area (Å²) in [5, 5.41) is 7.88. The van der Waals surface area contributed by atoms with Gasteiger partial charge < -0.3 is 15.5 Å². The summed E-state index contributed by atoms with van der Waals surface area (Å²) in [4.78, 5) is 24.2. The molecule has 2 rings (SSSR count). The molecule has 142 valence electrons. The lowest BCUT2D eigenvalue weighted by Gasteiger charge is -2.18. The van der Waals surface area contributed by atoms with Gasteiger partial charge in [0.1, 0.15) is 0 Å². The van der Waals surface area contributed by atoms with E-state index in [0.29, 0.717) is 6.42 Å². The summed E-state index contributed by atoms with van der Waals surface area (Å²) >= 11 is 1.75. The smallest absolute Gasteiger partial charge is 0.222 e. The molecule has 0 aliphatic carbocycles. The molecule has 6 nitrogen and oxygen atoms in total. The van der Waals surface area contributed by atoms with Gasteiger partial charge in [-0.1, -0.05) is 6.92 Å². The Kier molecular flexibility index (Phi) is 9.70. The Balaban J connectivity index is 0.00000312. The molecule has 1 fully saturated rings. The van der Waals surface area contributed by atoms with Gasteiger partial charge in [-0.15, -0.1) is 35.3 Å². The highest BCUT2D eigenvalue weighted by Crippen LogP contribution is 2.17. The molecule has 1 aliphatic heterocycles. The van der Waals surface area contributed by atoms with Crippen molar-refractivity contribution in [1.82, 2.24) is 20.5 Å². The zero-order chi connectivity index (χ0) is 17.5. The summed E-state index contributed by atoms with van der Waals surface area (Å²) in [6, 6.07) is 0.283.